The van der Waals surface area contributed by atoms with Gasteiger partial charge in [0.05, 0.1) is 0 Å². The summed E-state index contributed by atoms with van der Waals surface area (Å²) in [5, 5.41) is 0. The zero-order chi connectivity index (χ0) is 11.6. The molecule has 0 aromatic heterocycles. The average Bonchev–Trinajstić information content (AvgIpc) is 2.29. The van der Waals surface area contributed by atoms with E-state index in [-0.39, 0.29) is 6.04 Å². The van der Waals surface area contributed by atoms with Gasteiger partial charge in [0, 0.05) is 6.04 Å². The minimum Gasteiger partial charge on any atom is -0.328 e. The second-order valence-corrected chi connectivity index (χ2v) is 5.95. The van der Waals surface area contributed by atoms with Crippen LogP contribution in [-0.2, 0) is 0 Å². The van der Waals surface area contributed by atoms with Gasteiger partial charge >= 0.3 is 0 Å². The lowest BCUT2D eigenvalue weighted by atomic mass is 9.65. The maximum Gasteiger partial charge on any atom is 0.115 e. The average molecular weight is 227 g/mol. The quantitative estimate of drug-likeness (QED) is 0.762. The summed E-state index contributed by atoms with van der Waals surface area (Å²) in [5.41, 5.74) is 5.03. The van der Waals surface area contributed by atoms with Crippen LogP contribution < -0.4 is 5.73 Å². The Morgan fingerprint density at radius 2 is 1.94 bits per heavy atom. The van der Waals surface area contributed by atoms with Crippen LogP contribution in [0.2, 0.25) is 0 Å². The molecule has 0 bridgehead atoms. The number of hydrogen-bond acceptors (Lipinski definition) is 1. The third-order valence-corrected chi connectivity index (χ3v) is 4.87. The standard InChI is InChI=1S/C14H26FN/c1-2-11-6-3-4-8-13(11)14(15)9-5-7-12(16)10-14/h11-13H,2-10,16H2,1H3. The molecule has 16 heavy (non-hydrogen) atoms. The first-order valence-electron chi connectivity index (χ1n) is 7.10. The summed E-state index contributed by atoms with van der Waals surface area (Å²) in [4.78, 5) is 0. The summed E-state index contributed by atoms with van der Waals surface area (Å²) in [7, 11) is 0. The predicted molar refractivity (Wildman–Crippen MR) is 66.0 cm³/mol. The van der Waals surface area contributed by atoms with Crippen molar-refractivity contribution < 1.29 is 4.39 Å². The van der Waals surface area contributed by atoms with Crippen LogP contribution in [0, 0.1) is 11.8 Å². The Bertz CT molecular complexity index is 231. The molecule has 0 aliphatic heterocycles. The number of hydrogen-bond donors (Lipinski definition) is 1. The highest BCUT2D eigenvalue weighted by Crippen LogP contribution is 2.47. The van der Waals surface area contributed by atoms with E-state index in [0.717, 1.165) is 32.1 Å². The van der Waals surface area contributed by atoms with E-state index in [9.17, 15) is 0 Å². The molecule has 2 aliphatic carbocycles. The highest BCUT2D eigenvalue weighted by molar-refractivity contribution is 4.97. The molecule has 1 nitrogen and oxygen atoms in total. The molecule has 2 saturated carbocycles. The molecule has 94 valence electrons. The van der Waals surface area contributed by atoms with Crippen LogP contribution in [0.25, 0.3) is 0 Å². The van der Waals surface area contributed by atoms with E-state index in [1.807, 2.05) is 0 Å². The molecule has 0 amide bonds. The molecule has 2 N–H and O–H groups in total. The lowest BCUT2D eigenvalue weighted by Gasteiger charge is -2.44. The first kappa shape index (κ1) is 12.3. The summed E-state index contributed by atoms with van der Waals surface area (Å²) in [6, 6.07) is 0.109. The van der Waals surface area contributed by atoms with Crippen molar-refractivity contribution in [2.24, 2.45) is 17.6 Å². The SMILES string of the molecule is CCC1CCCCC1C1(F)CCCC(N)C1. The molecule has 0 aromatic carbocycles. The molecule has 4 atom stereocenters. The number of halogens is 1. The van der Waals surface area contributed by atoms with Gasteiger partial charge in [-0.1, -0.05) is 32.6 Å². The van der Waals surface area contributed by atoms with E-state index < -0.39 is 5.67 Å². The number of rotatable bonds is 2. The van der Waals surface area contributed by atoms with Crippen LogP contribution in [0.5, 0.6) is 0 Å². The first-order valence-corrected chi connectivity index (χ1v) is 7.10. The van der Waals surface area contributed by atoms with E-state index >= 15 is 4.39 Å². The summed E-state index contributed by atoms with van der Waals surface area (Å²) in [5.74, 6) is 0.918. The van der Waals surface area contributed by atoms with Crippen molar-refractivity contribution in [2.45, 2.75) is 76.4 Å². The first-order chi connectivity index (χ1) is 7.65. The van der Waals surface area contributed by atoms with Gasteiger partial charge in [0.1, 0.15) is 5.67 Å². The molecule has 2 aliphatic rings. The minimum atomic E-state index is -0.932. The lowest BCUT2D eigenvalue weighted by Crippen LogP contribution is -2.46. The molecule has 0 saturated heterocycles. The van der Waals surface area contributed by atoms with E-state index in [0.29, 0.717) is 18.3 Å². The molecule has 0 aromatic rings. The Kier molecular flexibility index (Phi) is 3.89. The topological polar surface area (TPSA) is 26.0 Å². The largest absolute Gasteiger partial charge is 0.328 e. The van der Waals surface area contributed by atoms with E-state index in [2.05, 4.69) is 6.92 Å². The van der Waals surface area contributed by atoms with Gasteiger partial charge < -0.3 is 5.73 Å². The smallest absolute Gasteiger partial charge is 0.115 e. The van der Waals surface area contributed by atoms with Crippen LogP contribution in [0.1, 0.15) is 64.7 Å². The van der Waals surface area contributed by atoms with Gasteiger partial charge in [-0.15, -0.1) is 0 Å². The molecule has 0 radical (unpaired) electrons. The van der Waals surface area contributed by atoms with Crippen molar-refractivity contribution in [3.05, 3.63) is 0 Å². The minimum absolute atomic E-state index is 0.109. The van der Waals surface area contributed by atoms with E-state index in [4.69, 9.17) is 5.73 Å². The van der Waals surface area contributed by atoms with Crippen molar-refractivity contribution in [1.29, 1.82) is 0 Å². The van der Waals surface area contributed by atoms with Crippen molar-refractivity contribution in [3.8, 4) is 0 Å². The second kappa shape index (κ2) is 5.03. The number of alkyl halides is 1. The highest BCUT2D eigenvalue weighted by Gasteiger charge is 2.45. The summed E-state index contributed by atoms with van der Waals surface area (Å²) < 4.78 is 15.1. The van der Waals surface area contributed by atoms with Gasteiger partial charge in [-0.2, -0.15) is 0 Å². The van der Waals surface area contributed by atoms with Gasteiger partial charge in [-0.05, 0) is 43.9 Å². The third kappa shape index (κ3) is 2.42. The van der Waals surface area contributed by atoms with E-state index in [1.54, 1.807) is 0 Å². The van der Waals surface area contributed by atoms with Gasteiger partial charge in [0.15, 0.2) is 0 Å². The van der Waals surface area contributed by atoms with Crippen LogP contribution in [0.4, 0.5) is 4.39 Å². The van der Waals surface area contributed by atoms with Gasteiger partial charge in [-0.25, -0.2) is 4.39 Å². The molecular formula is C14H26FN. The molecule has 0 spiro atoms. The highest BCUT2D eigenvalue weighted by atomic mass is 19.1. The zero-order valence-corrected chi connectivity index (χ0v) is 10.6. The van der Waals surface area contributed by atoms with Crippen molar-refractivity contribution in [1.82, 2.24) is 0 Å². The third-order valence-electron chi connectivity index (χ3n) is 4.87. The monoisotopic (exact) mass is 227 g/mol. The predicted octanol–water partition coefficient (Wildman–Crippen LogP) is 3.81. The van der Waals surface area contributed by atoms with Crippen molar-refractivity contribution in [3.63, 3.8) is 0 Å². The lowest BCUT2D eigenvalue weighted by molar-refractivity contribution is -0.0179. The fraction of sp³-hybridized carbons (Fsp3) is 1.00. The summed E-state index contributed by atoms with van der Waals surface area (Å²) >= 11 is 0. The summed E-state index contributed by atoms with van der Waals surface area (Å²) in [6.45, 7) is 2.22. The Morgan fingerprint density at radius 1 is 1.19 bits per heavy atom. The van der Waals surface area contributed by atoms with Crippen molar-refractivity contribution in [2.75, 3.05) is 0 Å². The van der Waals surface area contributed by atoms with E-state index in [1.165, 1.54) is 19.3 Å². The van der Waals surface area contributed by atoms with Crippen LogP contribution >= 0.6 is 0 Å². The Hall–Kier alpha value is -0.110. The number of nitrogens with two attached hydrogens (primary N) is 1. The maximum absolute atomic E-state index is 15.1. The Morgan fingerprint density at radius 3 is 2.62 bits per heavy atom. The molecule has 2 heteroatoms. The fourth-order valence-electron chi connectivity index (χ4n) is 4.01. The fourth-order valence-corrected chi connectivity index (χ4v) is 4.01. The summed E-state index contributed by atoms with van der Waals surface area (Å²) in [6.07, 6.45) is 9.41. The van der Waals surface area contributed by atoms with Crippen LogP contribution in [0.3, 0.4) is 0 Å². The second-order valence-electron chi connectivity index (χ2n) is 5.95. The molecule has 2 rings (SSSR count). The van der Waals surface area contributed by atoms with Gasteiger partial charge in [0.25, 0.3) is 0 Å². The Balaban J connectivity index is 2.07. The van der Waals surface area contributed by atoms with Gasteiger partial charge in [0.2, 0.25) is 0 Å². The zero-order valence-electron chi connectivity index (χ0n) is 10.6. The molecule has 2 fully saturated rings. The van der Waals surface area contributed by atoms with Crippen LogP contribution in [-0.4, -0.2) is 11.7 Å². The molecule has 0 heterocycles. The normalized spacial score (nSPS) is 45.6. The maximum atomic E-state index is 15.1. The van der Waals surface area contributed by atoms with Gasteiger partial charge in [-0.3, -0.25) is 0 Å². The molecule has 4 unspecified atom stereocenters. The Labute approximate surface area is 99.0 Å². The van der Waals surface area contributed by atoms with Crippen LogP contribution in [0.15, 0.2) is 0 Å². The molecular weight excluding hydrogens is 201 g/mol. The van der Waals surface area contributed by atoms with Crippen molar-refractivity contribution >= 4 is 0 Å².